The van der Waals surface area contributed by atoms with Crippen LogP contribution in [0.25, 0.3) is 0 Å². The Balaban J connectivity index is 2.38. The Kier molecular flexibility index (Phi) is 3.89. The fourth-order valence-electron chi connectivity index (χ4n) is 1.15. The molecule has 2 nitrogen and oxygen atoms in total. The molecule has 1 rings (SSSR count). The maximum atomic E-state index is 11.4. The monoisotopic (exact) mass is 206 g/mol. The average Bonchev–Trinajstić information content (AvgIpc) is 2.15. The van der Waals surface area contributed by atoms with Crippen molar-refractivity contribution in [2.45, 2.75) is 33.6 Å². The van der Waals surface area contributed by atoms with E-state index in [-0.39, 0.29) is 11.4 Å². The third-order valence-electron chi connectivity index (χ3n) is 2.05. The number of carbonyl (C=O) groups excluding carboxylic acids is 1. The van der Waals surface area contributed by atoms with Gasteiger partial charge in [0.1, 0.15) is 5.75 Å². The van der Waals surface area contributed by atoms with Gasteiger partial charge in [-0.2, -0.15) is 0 Å². The van der Waals surface area contributed by atoms with Crippen molar-refractivity contribution in [3.63, 3.8) is 0 Å². The summed E-state index contributed by atoms with van der Waals surface area (Å²) in [6.45, 7) is 6.34. The molecule has 0 saturated carbocycles. The van der Waals surface area contributed by atoms with Crippen LogP contribution in [-0.2, 0) is 4.79 Å². The van der Waals surface area contributed by atoms with Gasteiger partial charge in [0.25, 0.3) is 0 Å². The molecule has 0 atom stereocenters. The summed E-state index contributed by atoms with van der Waals surface area (Å²) in [6, 6.07) is 9.18. The fourth-order valence-corrected chi connectivity index (χ4v) is 1.15. The Hall–Kier alpha value is -1.31. The van der Waals surface area contributed by atoms with Crippen molar-refractivity contribution in [2.24, 2.45) is 5.41 Å². The van der Waals surface area contributed by atoms with Gasteiger partial charge in [-0.25, -0.2) is 0 Å². The van der Waals surface area contributed by atoms with Gasteiger partial charge in [-0.3, -0.25) is 4.79 Å². The normalized spacial score (nSPS) is 11.1. The zero-order valence-electron chi connectivity index (χ0n) is 9.62. The van der Waals surface area contributed by atoms with E-state index >= 15 is 0 Å². The molecule has 1 aromatic carbocycles. The summed E-state index contributed by atoms with van der Waals surface area (Å²) in [4.78, 5) is 11.4. The van der Waals surface area contributed by atoms with Crippen LogP contribution >= 0.6 is 0 Å². The second-order valence-electron chi connectivity index (χ2n) is 4.85. The summed E-state index contributed by atoms with van der Waals surface area (Å²) in [5, 5.41) is 0. The fraction of sp³-hybridized carbons (Fsp3) is 0.462. The van der Waals surface area contributed by atoms with Crippen molar-refractivity contribution in [2.75, 3.05) is 0 Å². The number of esters is 1. The number of hydrogen-bond donors (Lipinski definition) is 0. The minimum atomic E-state index is -0.156. The van der Waals surface area contributed by atoms with E-state index in [1.54, 1.807) is 12.1 Å². The molecule has 0 fully saturated rings. The van der Waals surface area contributed by atoms with Crippen LogP contribution in [0.5, 0.6) is 5.75 Å². The van der Waals surface area contributed by atoms with Crippen LogP contribution in [0.2, 0.25) is 0 Å². The minimum Gasteiger partial charge on any atom is -0.427 e. The second-order valence-corrected chi connectivity index (χ2v) is 4.85. The molecule has 82 valence electrons. The van der Waals surface area contributed by atoms with Crippen molar-refractivity contribution in [3.05, 3.63) is 30.3 Å². The number of rotatable bonds is 3. The van der Waals surface area contributed by atoms with Crippen molar-refractivity contribution in [3.8, 4) is 5.75 Å². The summed E-state index contributed by atoms with van der Waals surface area (Å²) < 4.78 is 5.17. The number of hydrogen-bond acceptors (Lipinski definition) is 2. The van der Waals surface area contributed by atoms with E-state index in [0.29, 0.717) is 12.2 Å². The van der Waals surface area contributed by atoms with Gasteiger partial charge in [-0.05, 0) is 24.0 Å². The van der Waals surface area contributed by atoms with Crippen LogP contribution in [-0.4, -0.2) is 5.97 Å². The first-order chi connectivity index (χ1) is 6.97. The molecule has 0 heterocycles. The van der Waals surface area contributed by atoms with Crippen LogP contribution < -0.4 is 4.74 Å². The Bertz CT molecular complexity index is 309. The zero-order valence-corrected chi connectivity index (χ0v) is 9.62. The quantitative estimate of drug-likeness (QED) is 0.559. The van der Waals surface area contributed by atoms with Crippen LogP contribution in [0, 0.1) is 5.41 Å². The molecule has 1 aromatic rings. The first kappa shape index (κ1) is 11.8. The molecule has 0 N–H and O–H groups in total. The Morgan fingerprint density at radius 2 is 1.80 bits per heavy atom. The maximum absolute atomic E-state index is 11.4. The predicted octanol–water partition coefficient (Wildman–Crippen LogP) is 3.42. The van der Waals surface area contributed by atoms with Gasteiger partial charge in [0, 0.05) is 6.42 Å². The second kappa shape index (κ2) is 4.96. The highest BCUT2D eigenvalue weighted by molar-refractivity contribution is 5.72. The van der Waals surface area contributed by atoms with Crippen LogP contribution in [0.15, 0.2) is 30.3 Å². The van der Waals surface area contributed by atoms with E-state index in [2.05, 4.69) is 20.8 Å². The van der Waals surface area contributed by atoms with Crippen molar-refractivity contribution in [1.82, 2.24) is 0 Å². The summed E-state index contributed by atoms with van der Waals surface area (Å²) in [7, 11) is 0. The lowest BCUT2D eigenvalue weighted by Gasteiger charge is -2.16. The van der Waals surface area contributed by atoms with Gasteiger partial charge >= 0.3 is 5.97 Å². The molecule has 0 saturated heterocycles. The largest absolute Gasteiger partial charge is 0.427 e. The highest BCUT2D eigenvalue weighted by Gasteiger charge is 2.13. The van der Waals surface area contributed by atoms with Gasteiger partial charge in [0.05, 0.1) is 0 Å². The Labute approximate surface area is 91.3 Å². The Morgan fingerprint density at radius 1 is 1.20 bits per heavy atom. The predicted molar refractivity (Wildman–Crippen MR) is 60.8 cm³/mol. The molecule has 15 heavy (non-hydrogen) atoms. The van der Waals surface area contributed by atoms with E-state index in [4.69, 9.17) is 4.74 Å². The highest BCUT2D eigenvalue weighted by atomic mass is 16.5. The SMILES string of the molecule is CC(C)(C)CCC(=O)Oc1ccccc1. The topological polar surface area (TPSA) is 26.3 Å². The molecule has 0 bridgehead atoms. The van der Waals surface area contributed by atoms with Crippen LogP contribution in [0.4, 0.5) is 0 Å². The van der Waals surface area contributed by atoms with Gasteiger partial charge < -0.3 is 4.74 Å². The highest BCUT2D eigenvalue weighted by Crippen LogP contribution is 2.21. The molecule has 0 unspecified atom stereocenters. The lowest BCUT2D eigenvalue weighted by molar-refractivity contribution is -0.134. The van der Waals surface area contributed by atoms with E-state index in [1.807, 2.05) is 18.2 Å². The summed E-state index contributed by atoms with van der Waals surface area (Å²) in [6.07, 6.45) is 1.32. The summed E-state index contributed by atoms with van der Waals surface area (Å²) >= 11 is 0. The number of benzene rings is 1. The van der Waals surface area contributed by atoms with E-state index in [1.165, 1.54) is 0 Å². The number of carbonyl (C=O) groups is 1. The summed E-state index contributed by atoms with van der Waals surface area (Å²) in [5.41, 5.74) is 0.176. The first-order valence-electron chi connectivity index (χ1n) is 5.23. The summed E-state index contributed by atoms with van der Waals surface area (Å²) in [5.74, 6) is 0.465. The van der Waals surface area contributed by atoms with E-state index < -0.39 is 0 Å². The lowest BCUT2D eigenvalue weighted by atomic mass is 9.91. The third-order valence-corrected chi connectivity index (χ3v) is 2.05. The van der Waals surface area contributed by atoms with Gasteiger partial charge in [0.2, 0.25) is 0 Å². The van der Waals surface area contributed by atoms with Crippen molar-refractivity contribution in [1.29, 1.82) is 0 Å². The van der Waals surface area contributed by atoms with Crippen molar-refractivity contribution >= 4 is 5.97 Å². The van der Waals surface area contributed by atoms with Gasteiger partial charge in [-0.1, -0.05) is 39.0 Å². The maximum Gasteiger partial charge on any atom is 0.311 e. The van der Waals surface area contributed by atoms with Crippen molar-refractivity contribution < 1.29 is 9.53 Å². The molecule has 0 aliphatic carbocycles. The third kappa shape index (κ3) is 5.21. The number of ether oxygens (including phenoxy) is 1. The Morgan fingerprint density at radius 3 is 2.33 bits per heavy atom. The molecular weight excluding hydrogens is 188 g/mol. The molecule has 0 spiro atoms. The zero-order chi connectivity index (χ0) is 11.3. The van der Waals surface area contributed by atoms with Crippen LogP contribution in [0.3, 0.4) is 0 Å². The van der Waals surface area contributed by atoms with E-state index in [9.17, 15) is 4.79 Å². The minimum absolute atomic E-state index is 0.156. The standard InChI is InChI=1S/C13H18O2/c1-13(2,3)10-9-12(14)15-11-7-5-4-6-8-11/h4-8H,9-10H2,1-3H3. The molecule has 0 aromatic heterocycles. The molecular formula is C13H18O2. The number of para-hydroxylation sites is 1. The molecule has 0 aliphatic rings. The molecule has 2 heteroatoms. The lowest BCUT2D eigenvalue weighted by Crippen LogP contribution is -2.13. The molecule has 0 aliphatic heterocycles. The van der Waals surface area contributed by atoms with Gasteiger partial charge in [-0.15, -0.1) is 0 Å². The van der Waals surface area contributed by atoms with Crippen LogP contribution in [0.1, 0.15) is 33.6 Å². The smallest absolute Gasteiger partial charge is 0.311 e. The molecule has 0 amide bonds. The first-order valence-corrected chi connectivity index (χ1v) is 5.23. The van der Waals surface area contributed by atoms with E-state index in [0.717, 1.165) is 6.42 Å². The average molecular weight is 206 g/mol. The van der Waals surface area contributed by atoms with Gasteiger partial charge in [0.15, 0.2) is 0 Å². The molecule has 0 radical (unpaired) electrons.